The van der Waals surface area contributed by atoms with E-state index in [1.165, 1.54) is 42.6 Å². The fourth-order valence-electron chi connectivity index (χ4n) is 2.10. The number of aromatic hydroxyl groups is 1. The Hall–Kier alpha value is -3.24. The maximum absolute atomic E-state index is 12.4. The number of allylic oxidation sites excluding steroid dienone is 1. The highest BCUT2D eigenvalue weighted by Crippen LogP contribution is 2.33. The average Bonchev–Trinajstić information content (AvgIpc) is 3.19. The van der Waals surface area contributed by atoms with Crippen LogP contribution in [0.25, 0.3) is 12.2 Å². The molecule has 1 aliphatic rings. The monoisotopic (exact) mass is 401 g/mol. The number of nitrogens with zero attached hydrogens (tertiary/aromatic N) is 3. The summed E-state index contributed by atoms with van der Waals surface area (Å²) >= 11 is 6.26. The molecule has 1 aliphatic heterocycles. The highest BCUT2D eigenvalue weighted by Gasteiger charge is 2.31. The molecule has 1 saturated heterocycles. The molecule has 0 saturated carbocycles. The van der Waals surface area contributed by atoms with Crippen molar-refractivity contribution in [2.75, 3.05) is 0 Å². The van der Waals surface area contributed by atoms with Gasteiger partial charge in [-0.15, -0.1) is 0 Å². The fourth-order valence-corrected chi connectivity index (χ4v) is 3.27. The first-order valence-electron chi connectivity index (χ1n) is 7.46. The van der Waals surface area contributed by atoms with Crippen molar-refractivity contribution >= 4 is 58.5 Å². The summed E-state index contributed by atoms with van der Waals surface area (Å²) in [7, 11) is 0. The Morgan fingerprint density at radius 1 is 1.33 bits per heavy atom. The molecule has 0 atom stereocenters. The van der Waals surface area contributed by atoms with Crippen molar-refractivity contribution in [3.63, 3.8) is 0 Å². The van der Waals surface area contributed by atoms with Crippen LogP contribution in [0.3, 0.4) is 0 Å². The third kappa shape index (κ3) is 4.49. The first-order chi connectivity index (χ1) is 12.9. The number of nitro groups is 1. The number of hydrogen-bond acceptors (Lipinski definition) is 8. The highest BCUT2D eigenvalue weighted by atomic mass is 32.2. The number of carbonyl (C=O) groups excluding carboxylic acids is 1. The SMILES string of the molecule is O=C1/C(=C\c2cccc(O)c2)SC(=S)N1/N=C/C=C/c1ccc([N+](=O)[O-])o1. The number of phenols is 1. The number of rotatable bonds is 5. The van der Waals surface area contributed by atoms with Crippen LogP contribution in [0.15, 0.2) is 56.9 Å². The zero-order valence-electron chi connectivity index (χ0n) is 13.5. The van der Waals surface area contributed by atoms with Crippen LogP contribution in [0.5, 0.6) is 5.75 Å². The maximum Gasteiger partial charge on any atom is 0.433 e. The number of hydrogen-bond donors (Lipinski definition) is 1. The first-order valence-corrected chi connectivity index (χ1v) is 8.68. The Kier molecular flexibility index (Phi) is 5.48. The minimum Gasteiger partial charge on any atom is -0.508 e. The van der Waals surface area contributed by atoms with Gasteiger partial charge in [0, 0.05) is 6.21 Å². The van der Waals surface area contributed by atoms with Crippen molar-refractivity contribution in [1.82, 2.24) is 5.01 Å². The molecular weight excluding hydrogens is 390 g/mol. The van der Waals surface area contributed by atoms with E-state index in [0.717, 1.165) is 16.8 Å². The number of thioether (sulfide) groups is 1. The highest BCUT2D eigenvalue weighted by molar-refractivity contribution is 8.26. The number of furan rings is 1. The van der Waals surface area contributed by atoms with Crippen LogP contribution >= 0.6 is 24.0 Å². The summed E-state index contributed by atoms with van der Waals surface area (Å²) in [5, 5.41) is 25.1. The third-order valence-corrected chi connectivity index (χ3v) is 4.55. The van der Waals surface area contributed by atoms with Gasteiger partial charge in [0.1, 0.15) is 16.4 Å². The molecule has 0 radical (unpaired) electrons. The smallest absolute Gasteiger partial charge is 0.433 e. The standard InChI is InChI=1S/C17H11N3O5S2/c21-12-4-1-3-11(9-12)10-14-16(22)19(17(26)27-14)18-8-2-5-13-6-7-15(25-13)20(23)24/h1-10,21H/b5-2+,14-10+,18-8+. The van der Waals surface area contributed by atoms with Crippen LogP contribution in [0.4, 0.5) is 5.88 Å². The van der Waals surface area contributed by atoms with Crippen LogP contribution in [0, 0.1) is 10.1 Å². The second-order valence-corrected chi connectivity index (χ2v) is 6.82. The molecule has 0 unspecified atom stereocenters. The molecule has 8 nitrogen and oxygen atoms in total. The van der Waals surface area contributed by atoms with E-state index in [2.05, 4.69) is 5.10 Å². The molecule has 0 aliphatic carbocycles. The summed E-state index contributed by atoms with van der Waals surface area (Å²) in [6.07, 6.45) is 5.89. The van der Waals surface area contributed by atoms with Gasteiger partial charge in [0.25, 0.3) is 5.91 Å². The molecule has 10 heteroatoms. The van der Waals surface area contributed by atoms with Crippen molar-refractivity contribution in [3.05, 3.63) is 68.8 Å². The lowest BCUT2D eigenvalue weighted by atomic mass is 10.2. The molecule has 2 heterocycles. The summed E-state index contributed by atoms with van der Waals surface area (Å²) < 4.78 is 5.23. The Balaban J connectivity index is 1.68. The van der Waals surface area contributed by atoms with E-state index in [4.69, 9.17) is 16.6 Å². The predicted octanol–water partition coefficient (Wildman–Crippen LogP) is 3.79. The molecule has 1 fully saturated rings. The van der Waals surface area contributed by atoms with Gasteiger partial charge in [-0.3, -0.25) is 14.9 Å². The van der Waals surface area contributed by atoms with Gasteiger partial charge in [-0.25, -0.2) is 0 Å². The first kappa shape index (κ1) is 18.5. The van der Waals surface area contributed by atoms with Crippen molar-refractivity contribution in [3.8, 4) is 5.75 Å². The summed E-state index contributed by atoms with van der Waals surface area (Å²) in [4.78, 5) is 22.7. The summed E-state index contributed by atoms with van der Waals surface area (Å²) in [5.41, 5.74) is 0.666. The summed E-state index contributed by atoms with van der Waals surface area (Å²) in [5.74, 6) is -0.366. The molecule has 0 spiro atoms. The molecule has 27 heavy (non-hydrogen) atoms. The number of amides is 1. The Labute approximate surface area is 162 Å². The van der Waals surface area contributed by atoms with E-state index in [1.54, 1.807) is 18.2 Å². The number of phenolic OH excluding ortho intramolecular Hbond substituents is 1. The lowest BCUT2D eigenvalue weighted by Gasteiger charge is -2.04. The molecular formula is C17H11N3O5S2. The number of hydrazone groups is 1. The van der Waals surface area contributed by atoms with E-state index in [9.17, 15) is 20.0 Å². The van der Waals surface area contributed by atoms with Crippen molar-refractivity contribution in [2.24, 2.45) is 5.10 Å². The van der Waals surface area contributed by atoms with Gasteiger partial charge >= 0.3 is 5.88 Å². The summed E-state index contributed by atoms with van der Waals surface area (Å²) in [6.45, 7) is 0. The van der Waals surface area contributed by atoms with Crippen LogP contribution in [-0.4, -0.2) is 31.5 Å². The Morgan fingerprint density at radius 3 is 2.85 bits per heavy atom. The fraction of sp³-hybridized carbons (Fsp3) is 0. The third-order valence-electron chi connectivity index (χ3n) is 3.26. The van der Waals surface area contributed by atoms with Gasteiger partial charge in [-0.2, -0.15) is 10.1 Å². The van der Waals surface area contributed by atoms with E-state index in [0.29, 0.717) is 10.5 Å². The van der Waals surface area contributed by atoms with Gasteiger partial charge in [0.05, 0.1) is 11.0 Å². The molecule has 1 aromatic heterocycles. The van der Waals surface area contributed by atoms with Crippen LogP contribution in [0.1, 0.15) is 11.3 Å². The minimum absolute atomic E-state index is 0.0977. The van der Waals surface area contributed by atoms with Gasteiger partial charge < -0.3 is 9.52 Å². The Morgan fingerprint density at radius 2 is 2.15 bits per heavy atom. The summed E-state index contributed by atoms with van der Waals surface area (Å²) in [6, 6.07) is 9.17. The Bertz CT molecular complexity index is 1010. The van der Waals surface area contributed by atoms with Crippen LogP contribution in [0.2, 0.25) is 0 Å². The molecule has 3 rings (SSSR count). The van der Waals surface area contributed by atoms with Gasteiger partial charge in [-0.05, 0) is 54.2 Å². The lowest BCUT2D eigenvalue weighted by molar-refractivity contribution is -0.402. The lowest BCUT2D eigenvalue weighted by Crippen LogP contribution is -2.21. The second kappa shape index (κ2) is 7.98. The van der Waals surface area contributed by atoms with Crippen LogP contribution < -0.4 is 0 Å². The second-order valence-electron chi connectivity index (χ2n) is 5.15. The number of thiocarbonyl (C=S) groups is 1. The quantitative estimate of drug-likeness (QED) is 0.267. The minimum atomic E-state index is -0.635. The molecule has 1 amide bonds. The molecule has 1 aromatic carbocycles. The largest absolute Gasteiger partial charge is 0.508 e. The maximum atomic E-state index is 12.4. The molecule has 0 bridgehead atoms. The normalized spacial score (nSPS) is 16.3. The van der Waals surface area contributed by atoms with E-state index in [1.807, 2.05) is 0 Å². The zero-order chi connectivity index (χ0) is 19.4. The average molecular weight is 401 g/mol. The van der Waals surface area contributed by atoms with Crippen LogP contribution in [-0.2, 0) is 4.79 Å². The molecule has 2 aromatic rings. The van der Waals surface area contributed by atoms with Crippen molar-refractivity contribution < 1.29 is 19.2 Å². The van der Waals surface area contributed by atoms with Crippen molar-refractivity contribution in [2.45, 2.75) is 0 Å². The predicted molar refractivity (Wildman–Crippen MR) is 106 cm³/mol. The van der Waals surface area contributed by atoms with E-state index < -0.39 is 4.92 Å². The van der Waals surface area contributed by atoms with Gasteiger partial charge in [0.2, 0.25) is 0 Å². The van der Waals surface area contributed by atoms with Gasteiger partial charge in [-0.1, -0.05) is 23.9 Å². The zero-order valence-corrected chi connectivity index (χ0v) is 15.1. The van der Waals surface area contributed by atoms with E-state index >= 15 is 0 Å². The molecule has 136 valence electrons. The van der Waals surface area contributed by atoms with E-state index in [-0.39, 0.29) is 27.6 Å². The van der Waals surface area contributed by atoms with Gasteiger partial charge in [0.15, 0.2) is 4.32 Å². The topological polar surface area (TPSA) is 109 Å². The van der Waals surface area contributed by atoms with Crippen molar-refractivity contribution in [1.29, 1.82) is 0 Å². The number of carbonyl (C=O) groups is 1. The molecule has 1 N–H and O–H groups in total. The number of benzene rings is 1.